The maximum atomic E-state index is 11.8. The molecule has 0 spiro atoms. The molecule has 0 radical (unpaired) electrons. The number of carbonyl (C=O) groups excluding carboxylic acids is 1. The van der Waals surface area contributed by atoms with E-state index in [9.17, 15) is 9.59 Å². The van der Waals surface area contributed by atoms with Crippen LogP contribution in [-0.2, 0) is 11.8 Å². The highest BCUT2D eigenvalue weighted by atomic mass is 16.4. The number of aliphatic carboxylic acids is 1. The Morgan fingerprint density at radius 3 is 2.53 bits per heavy atom. The summed E-state index contributed by atoms with van der Waals surface area (Å²) in [4.78, 5) is 23.7. The van der Waals surface area contributed by atoms with Crippen molar-refractivity contribution >= 4 is 11.9 Å². The van der Waals surface area contributed by atoms with Crippen LogP contribution in [0.2, 0.25) is 0 Å². The van der Waals surface area contributed by atoms with Crippen LogP contribution < -0.4 is 0 Å². The molecule has 0 bridgehead atoms. The topological polar surface area (TPSA) is 62.5 Å². The number of aryl methyl sites for hydroxylation is 1. The number of likely N-dealkylation sites (N-methyl/N-ethyl adjacent to an activating group) is 1. The molecule has 5 nitrogen and oxygen atoms in total. The second kappa shape index (κ2) is 4.16. The second-order valence-electron chi connectivity index (χ2n) is 3.43. The molecule has 82 valence electrons. The first kappa shape index (κ1) is 11.3. The van der Waals surface area contributed by atoms with Crippen molar-refractivity contribution in [3.63, 3.8) is 0 Å². The Hall–Kier alpha value is -1.78. The van der Waals surface area contributed by atoms with Crippen molar-refractivity contribution in [3.8, 4) is 0 Å². The number of carboxylic acid groups (broad SMARTS) is 1. The van der Waals surface area contributed by atoms with Crippen LogP contribution in [-0.4, -0.2) is 39.5 Å². The summed E-state index contributed by atoms with van der Waals surface area (Å²) in [5, 5.41) is 8.77. The van der Waals surface area contributed by atoms with Crippen molar-refractivity contribution < 1.29 is 14.7 Å². The number of hydrogen-bond donors (Lipinski definition) is 1. The van der Waals surface area contributed by atoms with E-state index in [1.165, 1.54) is 18.9 Å². The third-order valence-corrected chi connectivity index (χ3v) is 2.42. The molecule has 1 aromatic heterocycles. The molecule has 0 saturated carbocycles. The summed E-state index contributed by atoms with van der Waals surface area (Å²) in [5.74, 6) is -1.31. The molecule has 0 aliphatic rings. The standard InChI is InChI=1S/C10H14N2O3/c1-7(10(14)15)12(3)9(13)8-5-4-6-11(8)2/h4-7H,1-3H3,(H,14,15). The third-order valence-electron chi connectivity index (χ3n) is 2.42. The Kier molecular flexibility index (Phi) is 3.14. The SMILES string of the molecule is CC(C(=O)O)N(C)C(=O)c1cccn1C. The first-order valence-electron chi connectivity index (χ1n) is 4.56. The lowest BCUT2D eigenvalue weighted by Crippen LogP contribution is -2.40. The van der Waals surface area contributed by atoms with Gasteiger partial charge in [0.25, 0.3) is 5.91 Å². The zero-order valence-corrected chi connectivity index (χ0v) is 8.97. The lowest BCUT2D eigenvalue weighted by Gasteiger charge is -2.21. The monoisotopic (exact) mass is 210 g/mol. The lowest BCUT2D eigenvalue weighted by molar-refractivity contribution is -0.141. The van der Waals surface area contributed by atoms with Gasteiger partial charge in [0.15, 0.2) is 0 Å². The Morgan fingerprint density at radius 2 is 2.13 bits per heavy atom. The summed E-state index contributed by atoms with van der Waals surface area (Å²) in [6.07, 6.45) is 1.74. The minimum atomic E-state index is -1.01. The number of rotatable bonds is 3. The summed E-state index contributed by atoms with van der Waals surface area (Å²) < 4.78 is 1.66. The number of amides is 1. The van der Waals surface area contributed by atoms with Gasteiger partial charge in [0.2, 0.25) is 0 Å². The maximum Gasteiger partial charge on any atom is 0.326 e. The van der Waals surface area contributed by atoms with Gasteiger partial charge in [-0.2, -0.15) is 0 Å². The van der Waals surface area contributed by atoms with E-state index < -0.39 is 12.0 Å². The molecule has 1 rings (SSSR count). The molecule has 0 saturated heterocycles. The van der Waals surface area contributed by atoms with Crippen LogP contribution >= 0.6 is 0 Å². The fourth-order valence-electron chi connectivity index (χ4n) is 1.21. The zero-order valence-electron chi connectivity index (χ0n) is 8.97. The number of carboxylic acids is 1. The Balaban J connectivity index is 2.86. The van der Waals surface area contributed by atoms with Gasteiger partial charge in [-0.1, -0.05) is 0 Å². The van der Waals surface area contributed by atoms with Crippen LogP contribution in [0.1, 0.15) is 17.4 Å². The van der Waals surface area contributed by atoms with E-state index in [0.29, 0.717) is 5.69 Å². The summed E-state index contributed by atoms with van der Waals surface area (Å²) in [6.45, 7) is 1.48. The Morgan fingerprint density at radius 1 is 1.53 bits per heavy atom. The van der Waals surface area contributed by atoms with Crippen LogP contribution in [0.25, 0.3) is 0 Å². The summed E-state index contributed by atoms with van der Waals surface area (Å²) in [6, 6.07) is 2.58. The fourth-order valence-corrected chi connectivity index (χ4v) is 1.21. The quantitative estimate of drug-likeness (QED) is 0.793. The van der Waals surface area contributed by atoms with Crippen molar-refractivity contribution in [2.75, 3.05) is 7.05 Å². The minimum absolute atomic E-state index is 0.294. The Labute approximate surface area is 87.9 Å². The highest BCUT2D eigenvalue weighted by Gasteiger charge is 2.23. The van der Waals surface area contributed by atoms with Crippen molar-refractivity contribution in [3.05, 3.63) is 24.0 Å². The smallest absolute Gasteiger partial charge is 0.326 e. The number of nitrogens with zero attached hydrogens (tertiary/aromatic N) is 2. The largest absolute Gasteiger partial charge is 0.480 e. The maximum absolute atomic E-state index is 11.8. The number of aromatic nitrogens is 1. The number of hydrogen-bond acceptors (Lipinski definition) is 2. The highest BCUT2D eigenvalue weighted by Crippen LogP contribution is 2.06. The van der Waals surface area contributed by atoms with Gasteiger partial charge in [0.1, 0.15) is 11.7 Å². The van der Waals surface area contributed by atoms with Crippen molar-refractivity contribution in [2.45, 2.75) is 13.0 Å². The Bertz CT molecular complexity index is 384. The third kappa shape index (κ3) is 2.18. The van der Waals surface area contributed by atoms with Gasteiger partial charge < -0.3 is 14.6 Å². The second-order valence-corrected chi connectivity index (χ2v) is 3.43. The van der Waals surface area contributed by atoms with E-state index >= 15 is 0 Å². The average Bonchev–Trinajstić information content (AvgIpc) is 2.60. The summed E-state index contributed by atoms with van der Waals surface area (Å²) in [5.41, 5.74) is 0.477. The molecule has 1 heterocycles. The summed E-state index contributed by atoms with van der Waals surface area (Å²) >= 11 is 0. The first-order chi connectivity index (χ1) is 6.95. The van der Waals surface area contributed by atoms with Crippen LogP contribution in [0, 0.1) is 0 Å². The molecule has 0 aliphatic heterocycles. The van der Waals surface area contributed by atoms with Gasteiger partial charge in [-0.25, -0.2) is 4.79 Å². The summed E-state index contributed by atoms with van der Waals surface area (Å²) in [7, 11) is 3.22. The van der Waals surface area contributed by atoms with Crippen molar-refractivity contribution in [1.29, 1.82) is 0 Å². The van der Waals surface area contributed by atoms with E-state index in [2.05, 4.69) is 0 Å². The van der Waals surface area contributed by atoms with Crippen LogP contribution in [0.3, 0.4) is 0 Å². The van der Waals surface area contributed by atoms with Crippen molar-refractivity contribution in [1.82, 2.24) is 9.47 Å². The molecule has 0 aliphatic carbocycles. The van der Waals surface area contributed by atoms with E-state index in [0.717, 1.165) is 0 Å². The molecule has 1 unspecified atom stereocenters. The molecule has 0 fully saturated rings. The van der Waals surface area contributed by atoms with Crippen LogP contribution in [0.5, 0.6) is 0 Å². The van der Waals surface area contributed by atoms with Gasteiger partial charge in [0, 0.05) is 20.3 Å². The lowest BCUT2D eigenvalue weighted by atomic mass is 10.2. The van der Waals surface area contributed by atoms with E-state index in [1.54, 1.807) is 29.9 Å². The molecule has 15 heavy (non-hydrogen) atoms. The van der Waals surface area contributed by atoms with Gasteiger partial charge in [0.05, 0.1) is 0 Å². The molecule has 0 aromatic carbocycles. The van der Waals surface area contributed by atoms with Gasteiger partial charge in [-0.05, 0) is 19.1 Å². The minimum Gasteiger partial charge on any atom is -0.480 e. The van der Waals surface area contributed by atoms with E-state index in [1.807, 2.05) is 0 Å². The average molecular weight is 210 g/mol. The normalized spacial score (nSPS) is 12.2. The molecule has 5 heteroatoms. The van der Waals surface area contributed by atoms with Gasteiger partial charge in [-0.15, -0.1) is 0 Å². The van der Waals surface area contributed by atoms with Crippen molar-refractivity contribution in [2.24, 2.45) is 7.05 Å². The van der Waals surface area contributed by atoms with Crippen LogP contribution in [0.4, 0.5) is 0 Å². The number of carbonyl (C=O) groups is 2. The first-order valence-corrected chi connectivity index (χ1v) is 4.56. The molecule has 1 atom stereocenters. The highest BCUT2D eigenvalue weighted by molar-refractivity contribution is 5.95. The molecular formula is C10H14N2O3. The zero-order chi connectivity index (χ0) is 11.6. The van der Waals surface area contributed by atoms with Gasteiger partial charge >= 0.3 is 5.97 Å². The van der Waals surface area contributed by atoms with Gasteiger partial charge in [-0.3, -0.25) is 4.79 Å². The molecule has 1 aromatic rings. The van der Waals surface area contributed by atoms with E-state index in [-0.39, 0.29) is 5.91 Å². The predicted octanol–water partition coefficient (Wildman–Crippen LogP) is 0.570. The molecule has 1 N–H and O–H groups in total. The molecular weight excluding hydrogens is 196 g/mol. The fraction of sp³-hybridized carbons (Fsp3) is 0.400. The van der Waals surface area contributed by atoms with E-state index in [4.69, 9.17) is 5.11 Å². The molecule has 1 amide bonds. The predicted molar refractivity (Wildman–Crippen MR) is 54.6 cm³/mol. The van der Waals surface area contributed by atoms with Crippen LogP contribution in [0.15, 0.2) is 18.3 Å².